The molecular formula is C21H24N4OS. The molecule has 6 heteroatoms. The number of nitrogens with zero attached hydrogens (tertiary/aromatic N) is 4. The highest BCUT2D eigenvalue weighted by Crippen LogP contribution is 2.36. The molecule has 3 aromatic rings. The molecule has 1 aliphatic heterocycles. The van der Waals surface area contributed by atoms with Crippen molar-refractivity contribution in [2.75, 3.05) is 20.1 Å². The Balaban J connectivity index is 1.76. The lowest BCUT2D eigenvalue weighted by atomic mass is 9.97. The van der Waals surface area contributed by atoms with Gasteiger partial charge in [-0.1, -0.05) is 6.07 Å². The molecule has 0 N–H and O–H groups in total. The van der Waals surface area contributed by atoms with Crippen molar-refractivity contribution < 1.29 is 0 Å². The van der Waals surface area contributed by atoms with Crippen molar-refractivity contribution in [3.8, 4) is 11.5 Å². The van der Waals surface area contributed by atoms with Gasteiger partial charge in [0.05, 0.1) is 5.39 Å². The Hall–Kier alpha value is -2.05. The molecule has 0 unspecified atom stereocenters. The van der Waals surface area contributed by atoms with Crippen LogP contribution in [0.4, 0.5) is 0 Å². The van der Waals surface area contributed by atoms with Gasteiger partial charge >= 0.3 is 0 Å². The third-order valence-electron chi connectivity index (χ3n) is 5.97. The highest BCUT2D eigenvalue weighted by Gasteiger charge is 2.27. The molecule has 0 amide bonds. The molecule has 3 aromatic heterocycles. The third kappa shape index (κ3) is 2.91. The van der Waals surface area contributed by atoms with Crippen molar-refractivity contribution in [3.05, 3.63) is 45.2 Å². The van der Waals surface area contributed by atoms with E-state index >= 15 is 0 Å². The van der Waals surface area contributed by atoms with Crippen molar-refractivity contribution in [2.24, 2.45) is 0 Å². The molecule has 5 nitrogen and oxygen atoms in total. The maximum absolute atomic E-state index is 13.7. The summed E-state index contributed by atoms with van der Waals surface area (Å²) in [5.74, 6) is 0.737. The Bertz CT molecular complexity index is 1030. The van der Waals surface area contributed by atoms with Crippen LogP contribution >= 0.6 is 11.3 Å². The molecule has 0 spiro atoms. The summed E-state index contributed by atoms with van der Waals surface area (Å²) in [6, 6.07) is 6.04. The third-order valence-corrected chi connectivity index (χ3v) is 7.15. The van der Waals surface area contributed by atoms with Gasteiger partial charge in [-0.05, 0) is 76.4 Å². The second kappa shape index (κ2) is 6.84. The standard InChI is InChI=1S/C21H24N4OS/c1-24-12-9-14(10-13-24)25-19(16-7-4-5-11-22-16)23-20-18(21(25)26)15-6-2-3-8-17(15)27-20/h4-5,7,11,14H,2-3,6,8-10,12-13H2,1H3. The smallest absolute Gasteiger partial charge is 0.263 e. The van der Waals surface area contributed by atoms with Crippen LogP contribution in [-0.4, -0.2) is 39.6 Å². The largest absolute Gasteiger partial charge is 0.306 e. The topological polar surface area (TPSA) is 51.0 Å². The quantitative estimate of drug-likeness (QED) is 0.681. The van der Waals surface area contributed by atoms with Gasteiger partial charge in [0.2, 0.25) is 0 Å². The van der Waals surface area contributed by atoms with Crippen LogP contribution < -0.4 is 5.56 Å². The molecule has 0 radical (unpaired) electrons. The number of likely N-dealkylation sites (tertiary alicyclic amines) is 1. The molecular weight excluding hydrogens is 356 g/mol. The first kappa shape index (κ1) is 17.1. The first-order chi connectivity index (χ1) is 13.2. The van der Waals surface area contributed by atoms with Crippen LogP contribution in [0.2, 0.25) is 0 Å². The number of hydrogen-bond acceptors (Lipinski definition) is 5. The summed E-state index contributed by atoms with van der Waals surface area (Å²) in [5.41, 5.74) is 2.21. The van der Waals surface area contributed by atoms with Gasteiger partial charge in [0.25, 0.3) is 5.56 Å². The molecule has 4 heterocycles. The summed E-state index contributed by atoms with van der Waals surface area (Å²) in [7, 11) is 2.15. The molecule has 5 rings (SSSR count). The Morgan fingerprint density at radius 2 is 1.96 bits per heavy atom. The summed E-state index contributed by atoms with van der Waals surface area (Å²) in [4.78, 5) is 27.9. The average molecular weight is 381 g/mol. The lowest BCUT2D eigenvalue weighted by molar-refractivity contribution is 0.219. The molecule has 2 aliphatic rings. The Kier molecular flexibility index (Phi) is 4.32. The molecule has 140 valence electrons. The molecule has 0 bridgehead atoms. The first-order valence-corrected chi connectivity index (χ1v) is 10.7. The van der Waals surface area contributed by atoms with E-state index in [4.69, 9.17) is 4.98 Å². The fourth-order valence-corrected chi connectivity index (χ4v) is 5.74. The normalized spacial score (nSPS) is 18.7. The number of thiophene rings is 1. The summed E-state index contributed by atoms with van der Waals surface area (Å²) in [6.07, 6.45) is 8.24. The van der Waals surface area contributed by atoms with Crippen LogP contribution in [0.15, 0.2) is 29.2 Å². The number of aryl methyl sites for hydroxylation is 2. The Morgan fingerprint density at radius 1 is 1.15 bits per heavy atom. The van der Waals surface area contributed by atoms with E-state index in [2.05, 4.69) is 16.9 Å². The average Bonchev–Trinajstić information content (AvgIpc) is 3.08. The lowest BCUT2D eigenvalue weighted by Gasteiger charge is -2.31. The second-order valence-corrected chi connectivity index (χ2v) is 8.83. The minimum Gasteiger partial charge on any atom is -0.306 e. The minimum absolute atomic E-state index is 0.148. The fraction of sp³-hybridized carbons (Fsp3) is 0.476. The van der Waals surface area contributed by atoms with E-state index in [9.17, 15) is 4.79 Å². The van der Waals surface area contributed by atoms with E-state index in [1.807, 2.05) is 22.8 Å². The van der Waals surface area contributed by atoms with Crippen LogP contribution in [0.5, 0.6) is 0 Å². The van der Waals surface area contributed by atoms with Crippen molar-refractivity contribution >= 4 is 21.6 Å². The predicted molar refractivity (Wildman–Crippen MR) is 110 cm³/mol. The number of fused-ring (bicyclic) bond motifs is 3. The van der Waals surface area contributed by atoms with Crippen molar-refractivity contribution in [2.45, 2.75) is 44.6 Å². The number of piperidine rings is 1. The first-order valence-electron chi connectivity index (χ1n) is 9.89. The number of hydrogen-bond donors (Lipinski definition) is 0. The molecule has 1 aliphatic carbocycles. The van der Waals surface area contributed by atoms with E-state index in [0.29, 0.717) is 0 Å². The Labute approximate surface area is 162 Å². The second-order valence-electron chi connectivity index (χ2n) is 7.75. The number of pyridine rings is 1. The molecule has 27 heavy (non-hydrogen) atoms. The van der Waals surface area contributed by atoms with Gasteiger partial charge in [-0.25, -0.2) is 4.98 Å². The van der Waals surface area contributed by atoms with Gasteiger partial charge in [0.1, 0.15) is 10.5 Å². The molecule has 1 fully saturated rings. The number of aromatic nitrogens is 3. The molecule has 0 aromatic carbocycles. The zero-order valence-corrected chi connectivity index (χ0v) is 16.5. The Morgan fingerprint density at radius 3 is 2.74 bits per heavy atom. The van der Waals surface area contributed by atoms with E-state index in [-0.39, 0.29) is 11.6 Å². The lowest BCUT2D eigenvalue weighted by Crippen LogP contribution is -2.36. The van der Waals surface area contributed by atoms with Crippen molar-refractivity contribution in [3.63, 3.8) is 0 Å². The maximum atomic E-state index is 13.7. The highest BCUT2D eigenvalue weighted by atomic mass is 32.1. The summed E-state index contributed by atoms with van der Waals surface area (Å²) < 4.78 is 1.97. The van der Waals surface area contributed by atoms with Crippen LogP contribution in [-0.2, 0) is 12.8 Å². The predicted octanol–water partition coefficient (Wildman–Crippen LogP) is 3.67. The van der Waals surface area contributed by atoms with Gasteiger partial charge < -0.3 is 4.90 Å². The van der Waals surface area contributed by atoms with Crippen molar-refractivity contribution in [1.82, 2.24) is 19.4 Å². The highest BCUT2D eigenvalue weighted by molar-refractivity contribution is 7.18. The summed E-state index contributed by atoms with van der Waals surface area (Å²) in [5, 5.41) is 0.883. The van der Waals surface area contributed by atoms with Crippen LogP contribution in [0, 0.1) is 0 Å². The van der Waals surface area contributed by atoms with Gasteiger partial charge in [0, 0.05) is 17.1 Å². The zero-order valence-electron chi connectivity index (χ0n) is 15.6. The molecule has 0 atom stereocenters. The fourth-order valence-electron chi connectivity index (χ4n) is 4.49. The van der Waals surface area contributed by atoms with E-state index in [0.717, 1.165) is 60.5 Å². The van der Waals surface area contributed by atoms with E-state index in [1.165, 1.54) is 23.3 Å². The molecule has 1 saturated heterocycles. The van der Waals surface area contributed by atoms with Crippen molar-refractivity contribution in [1.29, 1.82) is 0 Å². The van der Waals surface area contributed by atoms with E-state index < -0.39 is 0 Å². The zero-order chi connectivity index (χ0) is 18.4. The summed E-state index contributed by atoms with van der Waals surface area (Å²) in [6.45, 7) is 2.02. The molecule has 0 saturated carbocycles. The SMILES string of the molecule is CN1CCC(n2c(-c3ccccn3)nc3sc4c(c3c2=O)CCCC4)CC1. The van der Waals surface area contributed by atoms with Gasteiger partial charge in [-0.15, -0.1) is 11.3 Å². The minimum atomic E-state index is 0.148. The van der Waals surface area contributed by atoms with Crippen LogP contribution in [0.25, 0.3) is 21.7 Å². The van der Waals surface area contributed by atoms with Crippen LogP contribution in [0.3, 0.4) is 0 Å². The van der Waals surface area contributed by atoms with Gasteiger partial charge in [0.15, 0.2) is 5.82 Å². The van der Waals surface area contributed by atoms with E-state index in [1.54, 1.807) is 17.5 Å². The summed E-state index contributed by atoms with van der Waals surface area (Å²) >= 11 is 1.72. The van der Waals surface area contributed by atoms with Gasteiger partial charge in [-0.3, -0.25) is 14.3 Å². The maximum Gasteiger partial charge on any atom is 0.263 e. The monoisotopic (exact) mass is 380 g/mol. The van der Waals surface area contributed by atoms with Crippen LogP contribution in [0.1, 0.15) is 42.2 Å². The van der Waals surface area contributed by atoms with Gasteiger partial charge in [-0.2, -0.15) is 0 Å². The number of rotatable bonds is 2.